The lowest BCUT2D eigenvalue weighted by Crippen LogP contribution is -2.29. The number of nitrogens with zero attached hydrogens (tertiary/aromatic N) is 1. The quantitative estimate of drug-likeness (QED) is 0.457. The maximum absolute atomic E-state index is 11.1. The van der Waals surface area contributed by atoms with Gasteiger partial charge in [0.05, 0.1) is 12.7 Å². The van der Waals surface area contributed by atoms with Crippen LogP contribution in [-0.4, -0.2) is 49.8 Å². The van der Waals surface area contributed by atoms with E-state index < -0.39 is 0 Å². The van der Waals surface area contributed by atoms with Gasteiger partial charge in [0.25, 0.3) is 0 Å². The highest BCUT2D eigenvalue weighted by molar-refractivity contribution is 5.86. The van der Waals surface area contributed by atoms with Crippen LogP contribution in [0.2, 0.25) is 0 Å². The van der Waals surface area contributed by atoms with Crippen molar-refractivity contribution >= 4 is 5.97 Å². The maximum Gasteiger partial charge on any atom is 0.333 e. The van der Waals surface area contributed by atoms with Crippen molar-refractivity contribution in [3.8, 4) is 0 Å². The average molecular weight is 243 g/mol. The molecule has 0 aliphatic carbocycles. The Morgan fingerprint density at radius 2 is 1.94 bits per heavy atom. The molecule has 0 fully saturated rings. The lowest BCUT2D eigenvalue weighted by atomic mass is 10.3. The minimum atomic E-state index is -0.357. The summed E-state index contributed by atoms with van der Waals surface area (Å²) in [5.74, 6) is -0.357. The van der Waals surface area contributed by atoms with Crippen molar-refractivity contribution in [3.05, 3.63) is 12.2 Å². The summed E-state index contributed by atoms with van der Waals surface area (Å²) in [6, 6.07) is 0. The molecule has 0 aliphatic heterocycles. The van der Waals surface area contributed by atoms with Crippen LogP contribution in [0.25, 0.3) is 0 Å². The summed E-state index contributed by atoms with van der Waals surface area (Å²) in [6.45, 7) is 15.2. The number of rotatable bonds is 9. The summed E-state index contributed by atoms with van der Waals surface area (Å²) in [4.78, 5) is 13.4. The van der Waals surface area contributed by atoms with Gasteiger partial charge in [0, 0.05) is 12.1 Å². The highest BCUT2D eigenvalue weighted by Crippen LogP contribution is 1.97. The normalized spacial score (nSPS) is 12.5. The molecule has 100 valence electrons. The summed E-state index contributed by atoms with van der Waals surface area (Å²) < 4.78 is 10.6. The largest absolute Gasteiger partial charge is 0.460 e. The molecule has 0 heterocycles. The number of ether oxygens (including phenoxy) is 2. The van der Waals surface area contributed by atoms with Gasteiger partial charge in [-0.3, -0.25) is 0 Å². The molecular weight excluding hydrogens is 218 g/mol. The van der Waals surface area contributed by atoms with E-state index in [0.717, 1.165) is 19.6 Å². The monoisotopic (exact) mass is 243 g/mol. The van der Waals surface area contributed by atoms with Crippen LogP contribution >= 0.6 is 0 Å². The van der Waals surface area contributed by atoms with E-state index in [2.05, 4.69) is 25.3 Å². The standard InChI is InChI=1S/C13H25NO3/c1-6-14(7-2)8-9-16-12(5)10-17-13(15)11(3)4/h12H,3,6-10H2,1-2,4-5H3. The molecule has 0 rings (SSSR count). The minimum Gasteiger partial charge on any atom is -0.460 e. The Kier molecular flexibility index (Phi) is 8.72. The van der Waals surface area contributed by atoms with E-state index in [1.807, 2.05) is 6.92 Å². The van der Waals surface area contributed by atoms with Gasteiger partial charge in [0.15, 0.2) is 0 Å². The minimum absolute atomic E-state index is 0.0751. The molecule has 0 radical (unpaired) electrons. The molecule has 0 aliphatic rings. The lowest BCUT2D eigenvalue weighted by Gasteiger charge is -2.19. The fourth-order valence-electron chi connectivity index (χ4n) is 1.29. The molecule has 0 amide bonds. The molecular formula is C13H25NO3. The predicted octanol–water partition coefficient (Wildman–Crippen LogP) is 1.85. The zero-order chi connectivity index (χ0) is 13.3. The first-order valence-electron chi connectivity index (χ1n) is 6.17. The molecule has 0 saturated carbocycles. The van der Waals surface area contributed by atoms with E-state index in [1.54, 1.807) is 6.92 Å². The van der Waals surface area contributed by atoms with E-state index in [9.17, 15) is 4.79 Å². The van der Waals surface area contributed by atoms with Gasteiger partial charge < -0.3 is 14.4 Å². The van der Waals surface area contributed by atoms with Crippen molar-refractivity contribution in [2.24, 2.45) is 0 Å². The first-order valence-corrected chi connectivity index (χ1v) is 6.17. The summed E-state index contributed by atoms with van der Waals surface area (Å²) in [6.07, 6.45) is -0.0751. The van der Waals surface area contributed by atoms with Gasteiger partial charge in [0.2, 0.25) is 0 Å². The van der Waals surface area contributed by atoms with Gasteiger partial charge in [-0.25, -0.2) is 4.79 Å². The Bertz CT molecular complexity index is 237. The summed E-state index contributed by atoms with van der Waals surface area (Å²) >= 11 is 0. The fraction of sp³-hybridized carbons (Fsp3) is 0.769. The molecule has 0 aromatic heterocycles. The Balaban J connectivity index is 3.62. The Hall–Kier alpha value is -0.870. The van der Waals surface area contributed by atoms with Crippen LogP contribution in [0.3, 0.4) is 0 Å². The number of carbonyl (C=O) groups excluding carboxylic acids is 1. The topological polar surface area (TPSA) is 38.8 Å². The van der Waals surface area contributed by atoms with E-state index in [0.29, 0.717) is 12.2 Å². The number of likely N-dealkylation sites (N-methyl/N-ethyl adjacent to an activating group) is 1. The van der Waals surface area contributed by atoms with Crippen molar-refractivity contribution in [3.63, 3.8) is 0 Å². The zero-order valence-corrected chi connectivity index (χ0v) is 11.5. The average Bonchev–Trinajstić information content (AvgIpc) is 2.31. The first kappa shape index (κ1) is 16.1. The highest BCUT2D eigenvalue weighted by Gasteiger charge is 2.08. The Labute approximate surface area is 105 Å². The SMILES string of the molecule is C=C(C)C(=O)OCC(C)OCCN(CC)CC. The van der Waals surface area contributed by atoms with Crippen LogP contribution in [0, 0.1) is 0 Å². The van der Waals surface area contributed by atoms with Gasteiger partial charge in [-0.1, -0.05) is 20.4 Å². The second-order valence-electron chi connectivity index (χ2n) is 4.09. The first-order chi connectivity index (χ1) is 8.01. The summed E-state index contributed by atoms with van der Waals surface area (Å²) in [7, 11) is 0. The Morgan fingerprint density at radius 3 is 2.41 bits per heavy atom. The molecule has 0 N–H and O–H groups in total. The third kappa shape index (κ3) is 7.94. The number of hydrogen-bond donors (Lipinski definition) is 0. The zero-order valence-electron chi connectivity index (χ0n) is 11.5. The number of hydrogen-bond acceptors (Lipinski definition) is 4. The van der Waals surface area contributed by atoms with Crippen molar-refractivity contribution in [1.29, 1.82) is 0 Å². The van der Waals surface area contributed by atoms with Gasteiger partial charge in [-0.05, 0) is 26.9 Å². The van der Waals surface area contributed by atoms with Crippen molar-refractivity contribution in [2.45, 2.75) is 33.8 Å². The molecule has 0 saturated heterocycles. The summed E-state index contributed by atoms with van der Waals surface area (Å²) in [5, 5.41) is 0. The van der Waals surface area contributed by atoms with E-state index in [4.69, 9.17) is 9.47 Å². The fourth-order valence-corrected chi connectivity index (χ4v) is 1.29. The van der Waals surface area contributed by atoms with Crippen LogP contribution in [0.4, 0.5) is 0 Å². The van der Waals surface area contributed by atoms with E-state index in [1.165, 1.54) is 0 Å². The maximum atomic E-state index is 11.1. The van der Waals surface area contributed by atoms with Gasteiger partial charge in [-0.2, -0.15) is 0 Å². The Morgan fingerprint density at radius 1 is 1.35 bits per heavy atom. The van der Waals surface area contributed by atoms with Crippen LogP contribution < -0.4 is 0 Å². The van der Waals surface area contributed by atoms with Gasteiger partial charge in [0.1, 0.15) is 6.61 Å². The van der Waals surface area contributed by atoms with Crippen LogP contribution in [0.1, 0.15) is 27.7 Å². The summed E-state index contributed by atoms with van der Waals surface area (Å²) in [5.41, 5.74) is 0.417. The molecule has 4 heteroatoms. The lowest BCUT2D eigenvalue weighted by molar-refractivity contribution is -0.142. The molecule has 1 atom stereocenters. The second-order valence-corrected chi connectivity index (χ2v) is 4.09. The van der Waals surface area contributed by atoms with Gasteiger partial charge in [-0.15, -0.1) is 0 Å². The molecule has 4 nitrogen and oxygen atoms in total. The molecule has 0 bridgehead atoms. The molecule has 0 spiro atoms. The highest BCUT2D eigenvalue weighted by atomic mass is 16.6. The number of esters is 1. The van der Waals surface area contributed by atoms with Crippen molar-refractivity contribution < 1.29 is 14.3 Å². The van der Waals surface area contributed by atoms with E-state index in [-0.39, 0.29) is 18.7 Å². The second kappa shape index (κ2) is 9.19. The van der Waals surface area contributed by atoms with Crippen molar-refractivity contribution in [2.75, 3.05) is 32.8 Å². The van der Waals surface area contributed by atoms with Crippen LogP contribution in [0.5, 0.6) is 0 Å². The third-order valence-corrected chi connectivity index (χ3v) is 2.50. The third-order valence-electron chi connectivity index (χ3n) is 2.50. The predicted molar refractivity (Wildman–Crippen MR) is 69.0 cm³/mol. The molecule has 17 heavy (non-hydrogen) atoms. The van der Waals surface area contributed by atoms with E-state index >= 15 is 0 Å². The molecule has 0 aromatic carbocycles. The smallest absolute Gasteiger partial charge is 0.333 e. The molecule has 1 unspecified atom stereocenters. The van der Waals surface area contributed by atoms with Gasteiger partial charge >= 0.3 is 5.97 Å². The van der Waals surface area contributed by atoms with Crippen molar-refractivity contribution in [1.82, 2.24) is 4.90 Å². The van der Waals surface area contributed by atoms with Crippen LogP contribution in [0.15, 0.2) is 12.2 Å². The van der Waals surface area contributed by atoms with Crippen LogP contribution in [-0.2, 0) is 14.3 Å². The number of carbonyl (C=O) groups is 1. The molecule has 0 aromatic rings.